The van der Waals surface area contributed by atoms with Crippen LogP contribution >= 0.6 is 0 Å². The predicted octanol–water partition coefficient (Wildman–Crippen LogP) is 3.44. The average molecular weight is 326 g/mol. The lowest BCUT2D eigenvalue weighted by Crippen LogP contribution is -2.25. The zero-order valence-corrected chi connectivity index (χ0v) is 14.6. The summed E-state index contributed by atoms with van der Waals surface area (Å²) in [6, 6.07) is 6.45. The highest BCUT2D eigenvalue weighted by atomic mass is 32.2. The fourth-order valence-corrected chi connectivity index (χ4v) is 2.85. The lowest BCUT2D eigenvalue weighted by molar-refractivity contribution is 0.0631. The minimum atomic E-state index is -3.81. The molecule has 1 N–H and O–H groups in total. The van der Waals surface area contributed by atoms with Crippen molar-refractivity contribution >= 4 is 10.1 Å². The maximum Gasteiger partial charge on any atom is 0.297 e. The lowest BCUT2D eigenvalue weighted by atomic mass is 9.99. The lowest BCUT2D eigenvalue weighted by Gasteiger charge is -2.18. The van der Waals surface area contributed by atoms with Crippen molar-refractivity contribution in [3.63, 3.8) is 0 Å². The molecule has 0 aliphatic rings. The standard InChI is InChI=1S/C17H26O4S/c1-13(2)6-5-7-15(4)17(18)12-21-22(19,20)16-10-8-14(3)9-11-16/h6,8-11,15,17-18H,5,7,12H2,1-4H3/t15-,17-/m0/s1. The van der Waals surface area contributed by atoms with E-state index in [9.17, 15) is 13.5 Å². The molecule has 124 valence electrons. The van der Waals surface area contributed by atoms with Gasteiger partial charge in [0.15, 0.2) is 0 Å². The van der Waals surface area contributed by atoms with Crippen LogP contribution in [-0.2, 0) is 14.3 Å². The van der Waals surface area contributed by atoms with Crippen LogP contribution in [0.4, 0.5) is 0 Å². The van der Waals surface area contributed by atoms with Crippen molar-refractivity contribution in [1.82, 2.24) is 0 Å². The molecule has 1 aromatic carbocycles. The summed E-state index contributed by atoms with van der Waals surface area (Å²) >= 11 is 0. The van der Waals surface area contributed by atoms with Gasteiger partial charge in [-0.1, -0.05) is 36.3 Å². The summed E-state index contributed by atoms with van der Waals surface area (Å²) in [6.45, 7) is 7.61. The van der Waals surface area contributed by atoms with Gasteiger partial charge in [-0.3, -0.25) is 4.18 Å². The fraction of sp³-hybridized carbons (Fsp3) is 0.529. The highest BCUT2D eigenvalue weighted by Crippen LogP contribution is 2.17. The van der Waals surface area contributed by atoms with E-state index in [0.717, 1.165) is 18.4 Å². The van der Waals surface area contributed by atoms with E-state index in [1.807, 2.05) is 27.7 Å². The Bertz CT molecular complexity index is 584. The van der Waals surface area contributed by atoms with E-state index < -0.39 is 16.2 Å². The summed E-state index contributed by atoms with van der Waals surface area (Å²) in [5.74, 6) is -0.0242. The van der Waals surface area contributed by atoms with Gasteiger partial charge in [-0.2, -0.15) is 8.42 Å². The number of aryl methyl sites for hydroxylation is 1. The molecule has 0 fully saturated rings. The SMILES string of the molecule is CC(C)=CCC[C@H](C)[C@@H](O)COS(=O)(=O)c1ccc(C)cc1. The monoisotopic (exact) mass is 326 g/mol. The van der Waals surface area contributed by atoms with E-state index in [1.54, 1.807) is 12.1 Å². The normalized spacial score (nSPS) is 14.4. The summed E-state index contributed by atoms with van der Waals surface area (Å²) in [6.07, 6.45) is 2.96. The van der Waals surface area contributed by atoms with Crippen molar-refractivity contribution in [3.8, 4) is 0 Å². The summed E-state index contributed by atoms with van der Waals surface area (Å²) in [4.78, 5) is 0.113. The first-order valence-electron chi connectivity index (χ1n) is 7.50. The van der Waals surface area contributed by atoms with E-state index >= 15 is 0 Å². The largest absolute Gasteiger partial charge is 0.390 e. The van der Waals surface area contributed by atoms with Crippen molar-refractivity contribution in [1.29, 1.82) is 0 Å². The van der Waals surface area contributed by atoms with Crippen LogP contribution in [-0.4, -0.2) is 26.2 Å². The number of allylic oxidation sites excluding steroid dienone is 2. The molecule has 22 heavy (non-hydrogen) atoms. The fourth-order valence-electron chi connectivity index (χ4n) is 1.92. The zero-order valence-electron chi connectivity index (χ0n) is 13.7. The summed E-state index contributed by atoms with van der Waals surface area (Å²) < 4.78 is 29.0. The van der Waals surface area contributed by atoms with Crippen LogP contribution in [0.15, 0.2) is 40.8 Å². The van der Waals surface area contributed by atoms with Crippen LogP contribution in [0.25, 0.3) is 0 Å². The molecule has 0 aliphatic heterocycles. The van der Waals surface area contributed by atoms with Gasteiger partial charge in [0.05, 0.1) is 17.6 Å². The Hall–Kier alpha value is -1.17. The maximum atomic E-state index is 12.0. The van der Waals surface area contributed by atoms with Gasteiger partial charge in [0.25, 0.3) is 10.1 Å². The molecule has 5 heteroatoms. The Morgan fingerprint density at radius 1 is 1.27 bits per heavy atom. The van der Waals surface area contributed by atoms with E-state index in [4.69, 9.17) is 4.18 Å². The number of rotatable bonds is 8. The number of hydrogen-bond acceptors (Lipinski definition) is 4. The molecule has 4 nitrogen and oxygen atoms in total. The van der Waals surface area contributed by atoms with Gasteiger partial charge >= 0.3 is 0 Å². The number of benzene rings is 1. The minimum absolute atomic E-state index is 0.0242. The van der Waals surface area contributed by atoms with Gasteiger partial charge in [-0.25, -0.2) is 0 Å². The second-order valence-corrected chi connectivity index (χ2v) is 7.57. The second kappa shape index (κ2) is 8.46. The average Bonchev–Trinajstić information content (AvgIpc) is 2.44. The molecular weight excluding hydrogens is 300 g/mol. The number of aliphatic hydroxyl groups is 1. The molecular formula is C17H26O4S. The predicted molar refractivity (Wildman–Crippen MR) is 88.2 cm³/mol. The quantitative estimate of drug-likeness (QED) is 0.587. The summed E-state index contributed by atoms with van der Waals surface area (Å²) in [5.41, 5.74) is 2.21. The molecule has 0 aliphatic carbocycles. The maximum absolute atomic E-state index is 12.0. The van der Waals surface area contributed by atoms with Gasteiger partial charge in [-0.05, 0) is 51.7 Å². The highest BCUT2D eigenvalue weighted by molar-refractivity contribution is 7.86. The number of aliphatic hydroxyl groups excluding tert-OH is 1. The molecule has 0 heterocycles. The first kappa shape index (κ1) is 18.9. The minimum Gasteiger partial charge on any atom is -0.390 e. The smallest absolute Gasteiger partial charge is 0.297 e. The molecule has 0 unspecified atom stereocenters. The van der Waals surface area contributed by atoms with Gasteiger partial charge < -0.3 is 5.11 Å². The van der Waals surface area contributed by atoms with Gasteiger partial charge in [0.2, 0.25) is 0 Å². The Balaban J connectivity index is 2.53. The van der Waals surface area contributed by atoms with Gasteiger partial charge in [0.1, 0.15) is 0 Å². The molecule has 0 aromatic heterocycles. The molecule has 0 spiro atoms. The topological polar surface area (TPSA) is 63.6 Å². The Kier molecular flexibility index (Phi) is 7.26. The Labute approximate surface area is 133 Å². The molecule has 0 radical (unpaired) electrons. The zero-order chi connectivity index (χ0) is 16.8. The van der Waals surface area contributed by atoms with Crippen LogP contribution in [0.2, 0.25) is 0 Å². The van der Waals surface area contributed by atoms with Gasteiger partial charge in [-0.15, -0.1) is 0 Å². The molecule has 0 amide bonds. The Morgan fingerprint density at radius 2 is 1.86 bits per heavy atom. The van der Waals surface area contributed by atoms with Crippen LogP contribution in [0.3, 0.4) is 0 Å². The van der Waals surface area contributed by atoms with Crippen LogP contribution in [0.1, 0.15) is 39.2 Å². The second-order valence-electron chi connectivity index (χ2n) is 5.96. The van der Waals surface area contributed by atoms with Crippen LogP contribution < -0.4 is 0 Å². The van der Waals surface area contributed by atoms with Crippen molar-refractivity contribution in [3.05, 3.63) is 41.5 Å². The molecule has 0 bridgehead atoms. The first-order valence-corrected chi connectivity index (χ1v) is 8.90. The third-order valence-corrected chi connectivity index (χ3v) is 4.83. The Morgan fingerprint density at radius 3 is 2.41 bits per heavy atom. The molecule has 0 saturated carbocycles. The van der Waals surface area contributed by atoms with Crippen molar-refractivity contribution in [2.24, 2.45) is 5.92 Å². The summed E-state index contributed by atoms with van der Waals surface area (Å²) in [5, 5.41) is 10.0. The molecule has 0 saturated heterocycles. The third kappa shape index (κ3) is 6.30. The summed E-state index contributed by atoms with van der Waals surface area (Å²) in [7, 11) is -3.81. The molecule has 1 aromatic rings. The first-order chi connectivity index (χ1) is 10.2. The third-order valence-electron chi connectivity index (χ3n) is 3.54. The molecule has 1 rings (SSSR count). The van der Waals surface area contributed by atoms with Crippen LogP contribution in [0.5, 0.6) is 0 Å². The number of hydrogen-bond donors (Lipinski definition) is 1. The van der Waals surface area contributed by atoms with E-state index in [0.29, 0.717) is 0 Å². The highest BCUT2D eigenvalue weighted by Gasteiger charge is 2.20. The van der Waals surface area contributed by atoms with Crippen LogP contribution in [0, 0.1) is 12.8 Å². The van der Waals surface area contributed by atoms with Crippen molar-refractivity contribution < 1.29 is 17.7 Å². The van der Waals surface area contributed by atoms with E-state index in [2.05, 4.69) is 6.08 Å². The molecule has 2 atom stereocenters. The van der Waals surface area contributed by atoms with Crippen molar-refractivity contribution in [2.75, 3.05) is 6.61 Å². The van der Waals surface area contributed by atoms with Gasteiger partial charge in [0, 0.05) is 0 Å². The van der Waals surface area contributed by atoms with E-state index in [-0.39, 0.29) is 17.4 Å². The van der Waals surface area contributed by atoms with Crippen molar-refractivity contribution in [2.45, 2.75) is 51.5 Å². The van der Waals surface area contributed by atoms with E-state index in [1.165, 1.54) is 17.7 Å².